The predicted octanol–water partition coefficient (Wildman–Crippen LogP) is 2.81. The van der Waals surface area contributed by atoms with Gasteiger partial charge in [0.2, 0.25) is 0 Å². The summed E-state index contributed by atoms with van der Waals surface area (Å²) >= 11 is 5.46. The Morgan fingerprint density at radius 2 is 1.70 bits per heavy atom. The number of alkyl halides is 1. The minimum absolute atomic E-state index is 0.00642. The molecule has 2 amide bonds. The second-order valence-electron chi connectivity index (χ2n) is 4.44. The van der Waals surface area contributed by atoms with E-state index in [-0.39, 0.29) is 10.6 Å². The molecule has 122 valence electrons. The van der Waals surface area contributed by atoms with Crippen LogP contribution in [0.1, 0.15) is 0 Å². The lowest BCUT2D eigenvalue weighted by Gasteiger charge is -2.09. The van der Waals surface area contributed by atoms with Crippen LogP contribution in [0.2, 0.25) is 0 Å². The van der Waals surface area contributed by atoms with E-state index in [9.17, 15) is 13.2 Å². The SMILES string of the molecule is O=C(NCCCl)Nc1ccc(S(=O)(=O)Oc2ccccc2)cc1. The molecule has 0 bridgehead atoms. The third-order valence-electron chi connectivity index (χ3n) is 2.73. The maximum atomic E-state index is 12.1. The van der Waals surface area contributed by atoms with Gasteiger partial charge in [-0.3, -0.25) is 0 Å². The number of hydrogen-bond acceptors (Lipinski definition) is 4. The average Bonchev–Trinajstić information content (AvgIpc) is 2.54. The topological polar surface area (TPSA) is 84.5 Å². The second-order valence-corrected chi connectivity index (χ2v) is 6.37. The van der Waals surface area contributed by atoms with Gasteiger partial charge in [0.15, 0.2) is 0 Å². The van der Waals surface area contributed by atoms with E-state index in [2.05, 4.69) is 10.6 Å². The van der Waals surface area contributed by atoms with Crippen molar-refractivity contribution in [3.8, 4) is 5.75 Å². The number of nitrogens with one attached hydrogen (secondary N) is 2. The van der Waals surface area contributed by atoms with Gasteiger partial charge in [0, 0.05) is 18.1 Å². The van der Waals surface area contributed by atoms with Crippen molar-refractivity contribution in [2.24, 2.45) is 0 Å². The number of hydrogen-bond donors (Lipinski definition) is 2. The molecule has 2 aromatic carbocycles. The Bertz CT molecular complexity index is 749. The highest BCUT2D eigenvalue weighted by molar-refractivity contribution is 7.87. The molecule has 0 saturated carbocycles. The van der Waals surface area contributed by atoms with Crippen LogP contribution in [-0.4, -0.2) is 26.9 Å². The third kappa shape index (κ3) is 5.15. The first-order valence-electron chi connectivity index (χ1n) is 6.72. The molecule has 0 spiro atoms. The van der Waals surface area contributed by atoms with Crippen LogP contribution in [0, 0.1) is 0 Å². The molecule has 2 N–H and O–H groups in total. The summed E-state index contributed by atoms with van der Waals surface area (Å²) < 4.78 is 29.3. The monoisotopic (exact) mass is 354 g/mol. The first kappa shape index (κ1) is 17.1. The van der Waals surface area contributed by atoms with E-state index in [0.717, 1.165) is 0 Å². The highest BCUT2D eigenvalue weighted by Gasteiger charge is 2.16. The summed E-state index contributed by atoms with van der Waals surface area (Å²) in [5.74, 6) is 0.539. The zero-order valence-electron chi connectivity index (χ0n) is 12.0. The Hall–Kier alpha value is -2.25. The largest absolute Gasteiger partial charge is 0.379 e. The van der Waals surface area contributed by atoms with E-state index < -0.39 is 16.1 Å². The summed E-state index contributed by atoms with van der Waals surface area (Å²) in [4.78, 5) is 11.5. The Balaban J connectivity index is 2.05. The lowest BCUT2D eigenvalue weighted by atomic mass is 10.3. The number of anilines is 1. The Labute approximate surface area is 139 Å². The molecule has 0 unspecified atom stereocenters. The fourth-order valence-corrected chi connectivity index (χ4v) is 2.72. The van der Waals surface area contributed by atoms with Gasteiger partial charge in [-0.1, -0.05) is 18.2 Å². The van der Waals surface area contributed by atoms with E-state index in [0.29, 0.717) is 18.1 Å². The lowest BCUT2D eigenvalue weighted by Crippen LogP contribution is -2.30. The molecule has 0 aliphatic rings. The maximum absolute atomic E-state index is 12.1. The van der Waals surface area contributed by atoms with Crippen LogP contribution < -0.4 is 14.8 Å². The van der Waals surface area contributed by atoms with E-state index in [4.69, 9.17) is 15.8 Å². The van der Waals surface area contributed by atoms with Crippen molar-refractivity contribution in [3.05, 3.63) is 54.6 Å². The Morgan fingerprint density at radius 3 is 2.30 bits per heavy atom. The van der Waals surface area contributed by atoms with Crippen LogP contribution in [0.15, 0.2) is 59.5 Å². The van der Waals surface area contributed by atoms with Crippen molar-refractivity contribution < 1.29 is 17.4 Å². The van der Waals surface area contributed by atoms with Gasteiger partial charge in [-0.15, -0.1) is 11.6 Å². The molecule has 0 aromatic heterocycles. The minimum atomic E-state index is -3.92. The molecular weight excluding hydrogens is 340 g/mol. The van der Waals surface area contributed by atoms with Gasteiger partial charge in [-0.2, -0.15) is 8.42 Å². The van der Waals surface area contributed by atoms with Crippen LogP contribution in [0.5, 0.6) is 5.75 Å². The van der Waals surface area contributed by atoms with Crippen molar-refractivity contribution in [2.45, 2.75) is 4.90 Å². The molecule has 2 aromatic rings. The smallest absolute Gasteiger partial charge is 0.339 e. The lowest BCUT2D eigenvalue weighted by molar-refractivity contribution is 0.252. The number of urea groups is 1. The molecule has 0 aliphatic heterocycles. The van der Waals surface area contributed by atoms with Crippen molar-refractivity contribution in [2.75, 3.05) is 17.7 Å². The fourth-order valence-electron chi connectivity index (χ4n) is 1.69. The fraction of sp³-hybridized carbons (Fsp3) is 0.133. The number of carbonyl (C=O) groups excluding carboxylic acids is 1. The van der Waals surface area contributed by atoms with Gasteiger partial charge in [0.05, 0.1) is 0 Å². The van der Waals surface area contributed by atoms with Crippen LogP contribution in [0.4, 0.5) is 10.5 Å². The van der Waals surface area contributed by atoms with Crippen LogP contribution in [0.25, 0.3) is 0 Å². The van der Waals surface area contributed by atoms with Gasteiger partial charge in [-0.25, -0.2) is 4.79 Å². The molecule has 0 atom stereocenters. The minimum Gasteiger partial charge on any atom is -0.379 e. The zero-order valence-corrected chi connectivity index (χ0v) is 13.6. The molecule has 0 aliphatic carbocycles. The standard InChI is InChI=1S/C15H15ClN2O4S/c16-10-11-17-15(19)18-12-6-8-14(9-7-12)23(20,21)22-13-4-2-1-3-5-13/h1-9H,10-11H2,(H2,17,18,19). The molecule has 0 radical (unpaired) electrons. The van der Waals surface area contributed by atoms with Crippen LogP contribution in [0.3, 0.4) is 0 Å². The summed E-state index contributed by atoms with van der Waals surface area (Å²) in [7, 11) is -3.92. The van der Waals surface area contributed by atoms with Gasteiger partial charge in [-0.05, 0) is 36.4 Å². The van der Waals surface area contributed by atoms with Crippen molar-refractivity contribution in [3.63, 3.8) is 0 Å². The van der Waals surface area contributed by atoms with E-state index in [1.54, 1.807) is 30.3 Å². The number of benzene rings is 2. The van der Waals surface area contributed by atoms with Crippen molar-refractivity contribution in [1.29, 1.82) is 0 Å². The Kier molecular flexibility index (Phi) is 5.84. The molecule has 0 fully saturated rings. The number of halogens is 1. The highest BCUT2D eigenvalue weighted by Crippen LogP contribution is 2.19. The van der Waals surface area contributed by atoms with E-state index in [1.807, 2.05) is 0 Å². The quantitative estimate of drug-likeness (QED) is 0.617. The van der Waals surface area contributed by atoms with E-state index in [1.165, 1.54) is 24.3 Å². The highest BCUT2D eigenvalue weighted by atomic mass is 35.5. The maximum Gasteiger partial charge on any atom is 0.339 e. The number of amides is 2. The molecule has 0 heterocycles. The number of rotatable bonds is 6. The van der Waals surface area contributed by atoms with Crippen molar-refractivity contribution >= 4 is 33.4 Å². The second kappa shape index (κ2) is 7.85. The van der Waals surface area contributed by atoms with Crippen molar-refractivity contribution in [1.82, 2.24) is 5.32 Å². The molecule has 23 heavy (non-hydrogen) atoms. The predicted molar refractivity (Wildman–Crippen MR) is 88.4 cm³/mol. The average molecular weight is 355 g/mol. The zero-order chi connectivity index (χ0) is 16.7. The summed E-state index contributed by atoms with van der Waals surface area (Å²) in [6, 6.07) is 13.5. The van der Waals surface area contributed by atoms with Gasteiger partial charge in [0.25, 0.3) is 0 Å². The molecule has 6 nitrogen and oxygen atoms in total. The van der Waals surface area contributed by atoms with Crippen LogP contribution in [-0.2, 0) is 10.1 Å². The van der Waals surface area contributed by atoms with Gasteiger partial charge < -0.3 is 14.8 Å². The number of carbonyl (C=O) groups is 1. The Morgan fingerprint density at radius 1 is 1.04 bits per heavy atom. The summed E-state index contributed by atoms with van der Waals surface area (Å²) in [5.41, 5.74) is 0.454. The normalized spacial score (nSPS) is 10.8. The first-order valence-corrected chi connectivity index (χ1v) is 8.66. The first-order chi connectivity index (χ1) is 11.0. The van der Waals surface area contributed by atoms with E-state index >= 15 is 0 Å². The van der Waals surface area contributed by atoms with Gasteiger partial charge >= 0.3 is 16.1 Å². The molecule has 2 rings (SSSR count). The summed E-state index contributed by atoms with van der Waals surface area (Å²) in [6.45, 7) is 0.338. The number of para-hydroxylation sites is 1. The summed E-state index contributed by atoms with van der Waals surface area (Å²) in [5, 5.41) is 5.09. The van der Waals surface area contributed by atoms with Crippen LogP contribution >= 0.6 is 11.6 Å². The molecule has 8 heteroatoms. The summed E-state index contributed by atoms with van der Waals surface area (Å²) in [6.07, 6.45) is 0. The third-order valence-corrected chi connectivity index (χ3v) is 4.18. The van der Waals surface area contributed by atoms with Gasteiger partial charge in [0.1, 0.15) is 10.6 Å². The molecule has 0 saturated heterocycles. The molecular formula is C15H15ClN2O4S.